The summed E-state index contributed by atoms with van der Waals surface area (Å²) in [6.45, 7) is 1.74. The second kappa shape index (κ2) is 6.54. The average molecular weight is 394 g/mol. The average Bonchev–Trinajstić information content (AvgIpc) is 3.50. The third-order valence-corrected chi connectivity index (χ3v) is 6.74. The van der Waals surface area contributed by atoms with Crippen LogP contribution in [0.4, 0.5) is 5.69 Å². The molecule has 7 heteroatoms. The van der Waals surface area contributed by atoms with Gasteiger partial charge in [0.1, 0.15) is 6.54 Å². The van der Waals surface area contributed by atoms with E-state index in [0.29, 0.717) is 23.1 Å². The number of nitrogens with one attached hydrogen (secondary N) is 1. The van der Waals surface area contributed by atoms with Crippen molar-refractivity contribution < 1.29 is 23.9 Å². The van der Waals surface area contributed by atoms with E-state index in [4.69, 9.17) is 4.74 Å². The standard InChI is InChI=1S/C22H22N2O5/c1-2-29-22(28)11-3-5-12(6-4-11)23-17(25)10-24-20(26)18-13-7-8-14(16-9-15(13)16)19(18)21(24)27/h3-8,13-16,18-19H,2,9-10H2,1H3,(H,23,25)/t13-,14-,15-,16+,18-,19-/m1/s1. The van der Waals surface area contributed by atoms with Crippen molar-refractivity contribution in [2.75, 3.05) is 18.5 Å². The number of anilines is 1. The summed E-state index contributed by atoms with van der Waals surface area (Å²) in [5.74, 6) is -0.498. The lowest BCUT2D eigenvalue weighted by atomic mass is 9.63. The number of imide groups is 1. The maximum Gasteiger partial charge on any atom is 0.338 e. The Labute approximate surface area is 168 Å². The van der Waals surface area contributed by atoms with Gasteiger partial charge < -0.3 is 10.1 Å². The summed E-state index contributed by atoms with van der Waals surface area (Å²) in [7, 11) is 0. The number of amides is 3. The molecule has 7 nitrogen and oxygen atoms in total. The Bertz CT molecular complexity index is 901. The Balaban J connectivity index is 1.24. The summed E-state index contributed by atoms with van der Waals surface area (Å²) in [6.07, 6.45) is 5.33. The first-order chi connectivity index (χ1) is 14.0. The summed E-state index contributed by atoms with van der Waals surface area (Å²) in [6, 6.07) is 6.30. The summed E-state index contributed by atoms with van der Waals surface area (Å²) in [5, 5.41) is 2.69. The number of hydrogen-bond acceptors (Lipinski definition) is 5. The fraction of sp³-hybridized carbons (Fsp3) is 0.455. The van der Waals surface area contributed by atoms with Crippen LogP contribution in [0.2, 0.25) is 0 Å². The molecule has 150 valence electrons. The van der Waals surface area contributed by atoms with Gasteiger partial charge in [0.2, 0.25) is 17.7 Å². The van der Waals surface area contributed by atoms with E-state index < -0.39 is 11.9 Å². The van der Waals surface area contributed by atoms with E-state index in [1.165, 1.54) is 0 Å². The molecule has 1 aromatic carbocycles. The highest BCUT2D eigenvalue weighted by Gasteiger charge is 2.67. The third kappa shape index (κ3) is 2.79. The van der Waals surface area contributed by atoms with Crippen LogP contribution in [-0.4, -0.2) is 41.7 Å². The zero-order valence-corrected chi connectivity index (χ0v) is 16.0. The van der Waals surface area contributed by atoms with Gasteiger partial charge in [-0.2, -0.15) is 0 Å². The molecular weight excluding hydrogens is 372 g/mol. The second-order valence-electron chi connectivity index (χ2n) is 8.26. The lowest BCUT2D eigenvalue weighted by Gasteiger charge is -2.37. The Hall–Kier alpha value is -2.96. The van der Waals surface area contributed by atoms with Crippen molar-refractivity contribution in [2.45, 2.75) is 13.3 Å². The molecule has 0 unspecified atom stereocenters. The van der Waals surface area contributed by atoms with Gasteiger partial charge in [0, 0.05) is 5.69 Å². The Morgan fingerprint density at radius 3 is 2.17 bits per heavy atom. The van der Waals surface area contributed by atoms with Crippen LogP contribution in [0.5, 0.6) is 0 Å². The highest BCUT2D eigenvalue weighted by molar-refractivity contribution is 6.09. The minimum Gasteiger partial charge on any atom is -0.462 e. The summed E-state index contributed by atoms with van der Waals surface area (Å²) < 4.78 is 4.93. The highest BCUT2D eigenvalue weighted by Crippen LogP contribution is 2.65. The van der Waals surface area contributed by atoms with Gasteiger partial charge in [-0.1, -0.05) is 12.2 Å². The SMILES string of the molecule is CCOC(=O)c1ccc(NC(=O)CN2C(=O)[C@@H]3[C@@H]4C=C[C@H]([C@@H]5C[C@H]45)[C@H]3C2=O)cc1. The van der Waals surface area contributed by atoms with E-state index in [-0.39, 0.29) is 48.6 Å². The lowest BCUT2D eigenvalue weighted by molar-refractivity contribution is -0.142. The number of likely N-dealkylation sites (tertiary alicyclic amines) is 1. The third-order valence-electron chi connectivity index (χ3n) is 6.74. The molecule has 0 aromatic heterocycles. The molecule has 2 saturated carbocycles. The van der Waals surface area contributed by atoms with Crippen molar-refractivity contribution in [3.63, 3.8) is 0 Å². The van der Waals surface area contributed by atoms with E-state index >= 15 is 0 Å². The van der Waals surface area contributed by atoms with E-state index in [2.05, 4.69) is 17.5 Å². The number of nitrogens with zero attached hydrogens (tertiary/aromatic N) is 1. The molecule has 1 N–H and O–H groups in total. The zero-order valence-electron chi connectivity index (χ0n) is 16.0. The molecular formula is C22H22N2O5. The molecule has 3 fully saturated rings. The normalized spacial score (nSPS) is 33.3. The minimum absolute atomic E-state index is 0.148. The summed E-state index contributed by atoms with van der Waals surface area (Å²) in [5.41, 5.74) is 0.878. The second-order valence-corrected chi connectivity index (χ2v) is 8.26. The number of ether oxygens (including phenoxy) is 1. The minimum atomic E-state index is -0.431. The number of carbonyl (C=O) groups excluding carboxylic acids is 4. The molecule has 4 aliphatic carbocycles. The number of rotatable bonds is 5. The van der Waals surface area contributed by atoms with Crippen molar-refractivity contribution in [3.05, 3.63) is 42.0 Å². The van der Waals surface area contributed by atoms with E-state index in [1.807, 2.05) is 0 Å². The molecule has 1 aromatic rings. The molecule has 0 spiro atoms. The largest absolute Gasteiger partial charge is 0.462 e. The first-order valence-corrected chi connectivity index (χ1v) is 10.1. The molecule has 6 atom stereocenters. The zero-order chi connectivity index (χ0) is 20.3. The Kier molecular flexibility index (Phi) is 4.08. The Morgan fingerprint density at radius 2 is 1.62 bits per heavy atom. The number of benzene rings is 1. The molecule has 0 radical (unpaired) electrons. The van der Waals surface area contributed by atoms with Crippen molar-refractivity contribution in [3.8, 4) is 0 Å². The number of hydrogen-bond donors (Lipinski definition) is 1. The number of esters is 1. The molecule has 29 heavy (non-hydrogen) atoms. The van der Waals surface area contributed by atoms with Crippen LogP contribution in [0.15, 0.2) is 36.4 Å². The van der Waals surface area contributed by atoms with Crippen LogP contribution in [0.3, 0.4) is 0 Å². The van der Waals surface area contributed by atoms with Gasteiger partial charge in [0.15, 0.2) is 0 Å². The molecule has 1 aliphatic heterocycles. The maximum atomic E-state index is 12.9. The first kappa shape index (κ1) is 18.1. The van der Waals surface area contributed by atoms with Gasteiger partial charge in [-0.15, -0.1) is 0 Å². The topological polar surface area (TPSA) is 92.8 Å². The van der Waals surface area contributed by atoms with Crippen LogP contribution in [0.1, 0.15) is 23.7 Å². The van der Waals surface area contributed by atoms with Crippen molar-refractivity contribution >= 4 is 29.4 Å². The van der Waals surface area contributed by atoms with Gasteiger partial charge >= 0.3 is 5.97 Å². The molecule has 6 rings (SSSR count). The molecule has 1 heterocycles. The van der Waals surface area contributed by atoms with Crippen molar-refractivity contribution in [1.29, 1.82) is 0 Å². The summed E-state index contributed by atoms with van der Waals surface area (Å²) >= 11 is 0. The quantitative estimate of drug-likeness (QED) is 0.467. The Morgan fingerprint density at radius 1 is 1.03 bits per heavy atom. The fourth-order valence-corrected chi connectivity index (χ4v) is 5.42. The van der Waals surface area contributed by atoms with Gasteiger partial charge in [-0.3, -0.25) is 19.3 Å². The number of carbonyl (C=O) groups is 4. The van der Waals surface area contributed by atoms with E-state index in [0.717, 1.165) is 11.3 Å². The maximum absolute atomic E-state index is 12.9. The van der Waals surface area contributed by atoms with E-state index in [9.17, 15) is 19.2 Å². The van der Waals surface area contributed by atoms with Crippen LogP contribution in [0.25, 0.3) is 0 Å². The van der Waals surface area contributed by atoms with Crippen LogP contribution in [-0.2, 0) is 19.1 Å². The van der Waals surface area contributed by atoms with Crippen LogP contribution in [0, 0.1) is 35.5 Å². The van der Waals surface area contributed by atoms with Gasteiger partial charge in [0.25, 0.3) is 0 Å². The van der Waals surface area contributed by atoms with Crippen LogP contribution >= 0.6 is 0 Å². The highest BCUT2D eigenvalue weighted by atomic mass is 16.5. The molecule has 2 bridgehead atoms. The predicted molar refractivity (Wildman–Crippen MR) is 102 cm³/mol. The molecule has 3 amide bonds. The fourth-order valence-electron chi connectivity index (χ4n) is 5.42. The smallest absolute Gasteiger partial charge is 0.338 e. The predicted octanol–water partition coefficient (Wildman–Crippen LogP) is 1.85. The van der Waals surface area contributed by atoms with E-state index in [1.54, 1.807) is 31.2 Å². The van der Waals surface area contributed by atoms with Crippen molar-refractivity contribution in [1.82, 2.24) is 4.90 Å². The van der Waals surface area contributed by atoms with Crippen LogP contribution < -0.4 is 5.32 Å². The van der Waals surface area contributed by atoms with Crippen molar-refractivity contribution in [2.24, 2.45) is 35.5 Å². The van der Waals surface area contributed by atoms with Gasteiger partial charge in [0.05, 0.1) is 24.0 Å². The molecule has 5 aliphatic rings. The summed E-state index contributed by atoms with van der Waals surface area (Å²) in [4.78, 5) is 51.1. The molecule has 1 saturated heterocycles. The first-order valence-electron chi connectivity index (χ1n) is 10.1. The van der Waals surface area contributed by atoms with Gasteiger partial charge in [-0.25, -0.2) is 4.79 Å². The lowest BCUT2D eigenvalue weighted by Crippen LogP contribution is -2.40. The monoisotopic (exact) mass is 394 g/mol. The number of allylic oxidation sites excluding steroid dienone is 2. The van der Waals surface area contributed by atoms with Gasteiger partial charge in [-0.05, 0) is 61.3 Å².